The molecule has 0 N–H and O–H groups in total. The van der Waals surface area contributed by atoms with E-state index in [1.165, 1.54) is 0 Å². The van der Waals surface area contributed by atoms with Crippen LogP contribution in [0.1, 0.15) is 19.3 Å². The Labute approximate surface area is 121 Å². The molecule has 3 nitrogen and oxygen atoms in total. The monoisotopic (exact) mass is 351 g/mol. The molecule has 0 unspecified atom stereocenters. The number of hydrogen-bond acceptors (Lipinski definition) is 2. The summed E-state index contributed by atoms with van der Waals surface area (Å²) in [6, 6.07) is 6.74. The van der Waals surface area contributed by atoms with E-state index in [1.54, 1.807) is 28.6 Å². The molecule has 0 aliphatic heterocycles. The fourth-order valence-electron chi connectivity index (χ4n) is 2.04. The van der Waals surface area contributed by atoms with Gasteiger partial charge in [0.2, 0.25) is 10.0 Å². The van der Waals surface area contributed by atoms with Gasteiger partial charge in [-0.15, -0.1) is 0 Å². The Morgan fingerprint density at radius 3 is 2.50 bits per heavy atom. The first-order chi connectivity index (χ1) is 8.57. The zero-order valence-electron chi connectivity index (χ0n) is 9.85. The number of sulfonamides is 1. The fraction of sp³-hybridized carbons (Fsp3) is 0.500. The number of alkyl halides is 1. The lowest BCUT2D eigenvalue weighted by molar-refractivity contribution is 0.228. The van der Waals surface area contributed by atoms with Crippen molar-refractivity contribution in [2.45, 2.75) is 30.2 Å². The summed E-state index contributed by atoms with van der Waals surface area (Å²) in [6.45, 7) is 0.484. The van der Waals surface area contributed by atoms with Crippen LogP contribution in [0.25, 0.3) is 0 Å². The van der Waals surface area contributed by atoms with Gasteiger partial charge in [-0.05, 0) is 25.0 Å². The highest BCUT2D eigenvalue weighted by atomic mass is 79.9. The van der Waals surface area contributed by atoms with Crippen LogP contribution < -0.4 is 0 Å². The highest BCUT2D eigenvalue weighted by Crippen LogP contribution is 2.32. The van der Waals surface area contributed by atoms with E-state index in [0.29, 0.717) is 11.9 Å². The summed E-state index contributed by atoms with van der Waals surface area (Å²) >= 11 is 9.32. The van der Waals surface area contributed by atoms with Crippen LogP contribution in [0.3, 0.4) is 0 Å². The van der Waals surface area contributed by atoms with Gasteiger partial charge in [-0.25, -0.2) is 8.42 Å². The predicted molar refractivity (Wildman–Crippen MR) is 76.8 cm³/mol. The highest BCUT2D eigenvalue weighted by Gasteiger charge is 2.35. The number of rotatable bonds is 5. The predicted octanol–water partition coefficient (Wildman–Crippen LogP) is 3.28. The summed E-state index contributed by atoms with van der Waals surface area (Å²) in [5, 5.41) is 0.920. The summed E-state index contributed by atoms with van der Waals surface area (Å²) in [5.74, 6) is 0. The van der Waals surface area contributed by atoms with E-state index in [4.69, 9.17) is 11.6 Å². The van der Waals surface area contributed by atoms with Crippen molar-refractivity contribution in [2.75, 3.05) is 11.9 Å². The quantitative estimate of drug-likeness (QED) is 0.763. The molecule has 1 aliphatic carbocycles. The largest absolute Gasteiger partial charge is 0.244 e. The molecule has 2 rings (SSSR count). The first-order valence-electron chi connectivity index (χ1n) is 5.89. The van der Waals surface area contributed by atoms with Gasteiger partial charge in [0.05, 0.1) is 5.02 Å². The highest BCUT2D eigenvalue weighted by molar-refractivity contribution is 9.09. The van der Waals surface area contributed by atoms with Crippen molar-refractivity contribution in [3.63, 3.8) is 0 Å². The Bertz CT molecular complexity index is 517. The first kappa shape index (κ1) is 14.3. The SMILES string of the molecule is O=S(=O)(c1ccccc1Cl)N(CCBr)C1CCC1. The van der Waals surface area contributed by atoms with Crippen molar-refractivity contribution >= 4 is 37.6 Å². The molecule has 0 saturated heterocycles. The van der Waals surface area contributed by atoms with Crippen LogP contribution in [-0.4, -0.2) is 30.6 Å². The average Bonchev–Trinajstić information content (AvgIpc) is 2.26. The maximum Gasteiger partial charge on any atom is 0.244 e. The number of nitrogens with zero attached hydrogens (tertiary/aromatic N) is 1. The summed E-state index contributed by atoms with van der Waals surface area (Å²) in [7, 11) is -3.48. The Kier molecular flexibility index (Phi) is 4.69. The molecule has 1 fully saturated rings. The molecule has 18 heavy (non-hydrogen) atoms. The lowest BCUT2D eigenvalue weighted by Gasteiger charge is -2.36. The van der Waals surface area contributed by atoms with Crippen molar-refractivity contribution in [1.82, 2.24) is 4.31 Å². The van der Waals surface area contributed by atoms with E-state index in [-0.39, 0.29) is 16.0 Å². The molecule has 0 heterocycles. The van der Waals surface area contributed by atoms with Gasteiger partial charge < -0.3 is 0 Å². The van der Waals surface area contributed by atoms with E-state index in [9.17, 15) is 8.42 Å². The summed E-state index contributed by atoms with van der Waals surface area (Å²) < 4.78 is 26.8. The third-order valence-electron chi connectivity index (χ3n) is 3.21. The molecule has 0 radical (unpaired) electrons. The molecular weight excluding hydrogens is 338 g/mol. The van der Waals surface area contributed by atoms with Gasteiger partial charge in [0.25, 0.3) is 0 Å². The van der Waals surface area contributed by atoms with Crippen LogP contribution in [-0.2, 0) is 10.0 Å². The minimum absolute atomic E-state index is 0.129. The number of benzene rings is 1. The molecule has 0 amide bonds. The second-order valence-electron chi connectivity index (χ2n) is 4.32. The molecule has 0 atom stereocenters. The van der Waals surface area contributed by atoms with Gasteiger partial charge in [0, 0.05) is 17.9 Å². The Hall–Kier alpha value is -0.100. The third-order valence-corrected chi connectivity index (χ3v) is 6.02. The van der Waals surface area contributed by atoms with Crippen molar-refractivity contribution in [3.8, 4) is 0 Å². The van der Waals surface area contributed by atoms with Crippen molar-refractivity contribution in [2.24, 2.45) is 0 Å². The Balaban J connectivity index is 2.36. The van der Waals surface area contributed by atoms with Crippen molar-refractivity contribution in [1.29, 1.82) is 0 Å². The average molecular weight is 353 g/mol. The van der Waals surface area contributed by atoms with Crippen LogP contribution in [0, 0.1) is 0 Å². The molecular formula is C12H15BrClNO2S. The summed E-state index contributed by atoms with van der Waals surface area (Å²) in [5.41, 5.74) is 0. The van der Waals surface area contributed by atoms with Crippen LogP contribution in [0.4, 0.5) is 0 Å². The van der Waals surface area contributed by atoms with Crippen molar-refractivity contribution in [3.05, 3.63) is 29.3 Å². The molecule has 1 saturated carbocycles. The smallest absolute Gasteiger partial charge is 0.207 e. The normalized spacial score (nSPS) is 16.8. The molecule has 100 valence electrons. The summed E-state index contributed by atoms with van der Waals surface area (Å²) in [4.78, 5) is 0.208. The maximum absolute atomic E-state index is 12.6. The van der Waals surface area contributed by atoms with Crippen LogP contribution in [0.2, 0.25) is 5.02 Å². The van der Waals surface area contributed by atoms with Gasteiger partial charge >= 0.3 is 0 Å². The van der Waals surface area contributed by atoms with Gasteiger partial charge in [0.1, 0.15) is 4.90 Å². The Morgan fingerprint density at radius 2 is 2.00 bits per heavy atom. The lowest BCUT2D eigenvalue weighted by Crippen LogP contribution is -2.45. The van der Waals surface area contributed by atoms with Crippen molar-refractivity contribution < 1.29 is 8.42 Å². The van der Waals surface area contributed by atoms with E-state index >= 15 is 0 Å². The first-order valence-corrected chi connectivity index (χ1v) is 8.83. The number of hydrogen-bond donors (Lipinski definition) is 0. The molecule has 0 aromatic heterocycles. The molecule has 6 heteroatoms. The third kappa shape index (κ3) is 2.74. The van der Waals surface area contributed by atoms with Gasteiger partial charge in [0.15, 0.2) is 0 Å². The zero-order valence-corrected chi connectivity index (χ0v) is 13.0. The number of halogens is 2. The van der Waals surface area contributed by atoms with E-state index in [0.717, 1.165) is 19.3 Å². The topological polar surface area (TPSA) is 37.4 Å². The van der Waals surface area contributed by atoms with Crippen LogP contribution in [0.5, 0.6) is 0 Å². The van der Waals surface area contributed by atoms with E-state index in [1.807, 2.05) is 0 Å². The minimum atomic E-state index is -3.48. The molecule has 1 aromatic rings. The minimum Gasteiger partial charge on any atom is -0.207 e. The molecule has 1 aromatic carbocycles. The molecule has 1 aliphatic rings. The van der Waals surface area contributed by atoms with Gasteiger partial charge in [-0.1, -0.05) is 46.1 Å². The molecule has 0 bridgehead atoms. The van der Waals surface area contributed by atoms with Crippen LogP contribution >= 0.6 is 27.5 Å². The fourth-order valence-corrected chi connectivity index (χ4v) is 4.83. The zero-order chi connectivity index (χ0) is 13.2. The van der Waals surface area contributed by atoms with E-state index in [2.05, 4.69) is 15.9 Å². The summed E-state index contributed by atoms with van der Waals surface area (Å²) in [6.07, 6.45) is 2.98. The van der Waals surface area contributed by atoms with Crippen LogP contribution in [0.15, 0.2) is 29.2 Å². The standard InChI is InChI=1S/C12H15BrClNO2S/c13-8-9-15(10-4-3-5-10)18(16,17)12-7-2-1-6-11(12)14/h1-2,6-7,10H,3-5,8-9H2. The second-order valence-corrected chi connectivity index (χ2v) is 7.38. The van der Waals surface area contributed by atoms with Gasteiger partial charge in [-0.2, -0.15) is 4.31 Å². The van der Waals surface area contributed by atoms with E-state index < -0.39 is 10.0 Å². The Morgan fingerprint density at radius 1 is 1.33 bits per heavy atom. The second kappa shape index (κ2) is 5.90. The molecule has 0 spiro atoms. The maximum atomic E-state index is 12.6. The lowest BCUT2D eigenvalue weighted by atomic mass is 9.93. The van der Waals surface area contributed by atoms with Gasteiger partial charge in [-0.3, -0.25) is 0 Å².